The summed E-state index contributed by atoms with van der Waals surface area (Å²) in [6, 6.07) is 13.9. The Labute approximate surface area is 190 Å². The summed E-state index contributed by atoms with van der Waals surface area (Å²) in [5, 5.41) is 0. The molecule has 0 aliphatic carbocycles. The third-order valence-electron chi connectivity index (χ3n) is 4.35. The van der Waals surface area contributed by atoms with Crippen LogP contribution in [-0.4, -0.2) is 24.5 Å². The summed E-state index contributed by atoms with van der Waals surface area (Å²) in [7, 11) is 1.64. The quantitative estimate of drug-likeness (QED) is 0.393. The summed E-state index contributed by atoms with van der Waals surface area (Å²) in [5.74, 6) is 1.02. The monoisotopic (exact) mass is 567 g/mol. The van der Waals surface area contributed by atoms with E-state index in [2.05, 4.69) is 67.7 Å². The van der Waals surface area contributed by atoms with Crippen LogP contribution in [0, 0.1) is 5.92 Å². The fourth-order valence-electron chi connectivity index (χ4n) is 3.13. The average molecular weight is 570 g/mol. The van der Waals surface area contributed by atoms with Crippen LogP contribution in [0.2, 0.25) is 0 Å². The maximum absolute atomic E-state index is 13.1. The molecule has 0 saturated heterocycles. The van der Waals surface area contributed by atoms with Gasteiger partial charge in [0.05, 0.1) is 17.3 Å². The number of carbonyl (C=O) groups excluding carboxylic acids is 1. The summed E-state index contributed by atoms with van der Waals surface area (Å²) >= 11 is 10.6. The molecule has 3 nitrogen and oxygen atoms in total. The predicted octanol–water partition coefficient (Wildman–Crippen LogP) is 6.87. The fourth-order valence-corrected chi connectivity index (χ4v) is 4.38. The zero-order chi connectivity index (χ0) is 20.4. The minimum Gasteiger partial charge on any atom is -0.496 e. The molecule has 3 rings (SSSR count). The van der Waals surface area contributed by atoms with Crippen molar-refractivity contribution in [1.29, 1.82) is 0 Å². The van der Waals surface area contributed by atoms with Gasteiger partial charge in [-0.15, -0.1) is 0 Å². The summed E-state index contributed by atoms with van der Waals surface area (Å²) in [4.78, 5) is 14.9. The van der Waals surface area contributed by atoms with Crippen LogP contribution >= 0.6 is 47.8 Å². The number of rotatable bonds is 5. The van der Waals surface area contributed by atoms with Crippen molar-refractivity contribution in [2.24, 2.45) is 5.92 Å². The van der Waals surface area contributed by atoms with E-state index in [0.29, 0.717) is 16.9 Å². The Hall–Kier alpha value is -1.37. The van der Waals surface area contributed by atoms with E-state index < -0.39 is 0 Å². The number of hydrogen-bond acceptors (Lipinski definition) is 2. The van der Waals surface area contributed by atoms with Crippen LogP contribution in [0.1, 0.15) is 25.0 Å². The van der Waals surface area contributed by atoms with Gasteiger partial charge in [0, 0.05) is 26.6 Å². The second-order valence-electron chi connectivity index (χ2n) is 6.92. The number of benzene rings is 2. The van der Waals surface area contributed by atoms with Crippen molar-refractivity contribution in [3.63, 3.8) is 0 Å². The molecule has 6 heteroatoms. The lowest BCUT2D eigenvalue weighted by Gasteiger charge is -2.23. The molecular formula is C22H20Br3NO2. The van der Waals surface area contributed by atoms with Crippen LogP contribution < -0.4 is 4.74 Å². The molecule has 0 atom stereocenters. The largest absolute Gasteiger partial charge is 0.496 e. The number of halogens is 3. The molecule has 146 valence electrons. The highest BCUT2D eigenvalue weighted by atomic mass is 79.9. The van der Waals surface area contributed by atoms with Gasteiger partial charge in [-0.1, -0.05) is 57.8 Å². The van der Waals surface area contributed by atoms with E-state index in [0.717, 1.165) is 37.1 Å². The molecule has 1 aliphatic heterocycles. The molecule has 0 saturated carbocycles. The molecule has 1 heterocycles. The molecule has 1 aliphatic rings. The van der Waals surface area contributed by atoms with Crippen molar-refractivity contribution < 1.29 is 9.53 Å². The Balaban J connectivity index is 2.21. The first-order valence-electron chi connectivity index (χ1n) is 8.85. The molecule has 0 unspecified atom stereocenters. The first-order chi connectivity index (χ1) is 13.3. The van der Waals surface area contributed by atoms with Crippen LogP contribution in [-0.2, 0) is 4.79 Å². The Morgan fingerprint density at radius 1 is 1.04 bits per heavy atom. The predicted molar refractivity (Wildman–Crippen MR) is 125 cm³/mol. The maximum atomic E-state index is 13.1. The summed E-state index contributed by atoms with van der Waals surface area (Å²) in [6.07, 6.45) is 2.05. The SMILES string of the molecule is COc1ccc(Br)cc1C1=C(Br)C(=O)N(CC(C)C)/C1=C\c1ccc(Br)cc1. The number of methoxy groups -OCH3 is 1. The van der Waals surface area contributed by atoms with Crippen LogP contribution in [0.25, 0.3) is 11.6 Å². The Morgan fingerprint density at radius 2 is 1.68 bits per heavy atom. The number of hydrogen-bond donors (Lipinski definition) is 0. The van der Waals surface area contributed by atoms with E-state index in [9.17, 15) is 4.79 Å². The lowest BCUT2D eigenvalue weighted by molar-refractivity contribution is -0.123. The number of carbonyl (C=O) groups is 1. The van der Waals surface area contributed by atoms with Crippen molar-refractivity contribution in [3.05, 3.63) is 72.7 Å². The number of nitrogens with zero attached hydrogens (tertiary/aromatic N) is 1. The number of amides is 1. The summed E-state index contributed by atoms with van der Waals surface area (Å²) in [5.41, 5.74) is 3.59. The van der Waals surface area contributed by atoms with Gasteiger partial charge in [0.15, 0.2) is 0 Å². The minimum atomic E-state index is -0.0332. The molecule has 1 amide bonds. The van der Waals surface area contributed by atoms with Crippen molar-refractivity contribution in [2.45, 2.75) is 13.8 Å². The third kappa shape index (κ3) is 4.44. The van der Waals surface area contributed by atoms with Crippen molar-refractivity contribution in [1.82, 2.24) is 4.90 Å². The fraction of sp³-hybridized carbons (Fsp3) is 0.227. The summed E-state index contributed by atoms with van der Waals surface area (Å²) in [6.45, 7) is 4.85. The molecule has 0 N–H and O–H groups in total. The van der Waals surface area contributed by atoms with Gasteiger partial charge in [-0.2, -0.15) is 0 Å². The van der Waals surface area contributed by atoms with Crippen LogP contribution in [0.15, 0.2) is 61.6 Å². The van der Waals surface area contributed by atoms with E-state index in [1.807, 2.05) is 47.4 Å². The van der Waals surface area contributed by atoms with Crippen molar-refractivity contribution in [3.8, 4) is 5.75 Å². The maximum Gasteiger partial charge on any atom is 0.266 e. The molecular weight excluding hydrogens is 550 g/mol. The minimum absolute atomic E-state index is 0.0332. The van der Waals surface area contributed by atoms with Gasteiger partial charge >= 0.3 is 0 Å². The first-order valence-corrected chi connectivity index (χ1v) is 11.2. The lowest BCUT2D eigenvalue weighted by Crippen LogP contribution is -2.29. The van der Waals surface area contributed by atoms with E-state index in [1.54, 1.807) is 7.11 Å². The normalized spacial score (nSPS) is 15.9. The van der Waals surface area contributed by atoms with Gasteiger partial charge in [0.25, 0.3) is 5.91 Å². The van der Waals surface area contributed by atoms with Crippen molar-refractivity contribution >= 4 is 65.3 Å². The Morgan fingerprint density at radius 3 is 2.29 bits per heavy atom. The molecule has 2 aromatic rings. The lowest BCUT2D eigenvalue weighted by atomic mass is 10.0. The van der Waals surface area contributed by atoms with E-state index in [1.165, 1.54) is 0 Å². The van der Waals surface area contributed by atoms with Crippen LogP contribution in [0.3, 0.4) is 0 Å². The molecule has 28 heavy (non-hydrogen) atoms. The molecule has 0 spiro atoms. The smallest absolute Gasteiger partial charge is 0.266 e. The highest BCUT2D eigenvalue weighted by Crippen LogP contribution is 2.44. The van der Waals surface area contributed by atoms with Crippen LogP contribution in [0.5, 0.6) is 5.75 Å². The van der Waals surface area contributed by atoms with Gasteiger partial charge in [-0.05, 0) is 63.8 Å². The number of allylic oxidation sites excluding steroid dienone is 1. The first kappa shape index (κ1) is 21.3. The summed E-state index contributed by atoms with van der Waals surface area (Å²) < 4.78 is 8.08. The van der Waals surface area contributed by atoms with Gasteiger partial charge in [0.2, 0.25) is 0 Å². The average Bonchev–Trinajstić information content (AvgIpc) is 2.87. The second kappa shape index (κ2) is 8.97. The van der Waals surface area contributed by atoms with Gasteiger partial charge in [0.1, 0.15) is 5.75 Å². The second-order valence-corrected chi connectivity index (χ2v) is 9.55. The van der Waals surface area contributed by atoms with Crippen LogP contribution in [0.4, 0.5) is 0 Å². The van der Waals surface area contributed by atoms with Crippen molar-refractivity contribution in [2.75, 3.05) is 13.7 Å². The number of ether oxygens (including phenoxy) is 1. The molecule has 0 fully saturated rings. The molecule has 0 radical (unpaired) electrons. The molecule has 2 aromatic carbocycles. The van der Waals surface area contributed by atoms with Gasteiger partial charge < -0.3 is 9.64 Å². The van der Waals surface area contributed by atoms with Gasteiger partial charge in [-0.25, -0.2) is 0 Å². The third-order valence-corrected chi connectivity index (χ3v) is 6.11. The standard InChI is InChI=1S/C22H20Br3NO2/c1-13(2)12-26-18(10-14-4-6-15(23)7-5-14)20(21(25)22(26)27)17-11-16(24)8-9-19(17)28-3/h4-11,13H,12H2,1-3H3/b18-10-. The van der Waals surface area contributed by atoms with E-state index >= 15 is 0 Å². The molecule has 0 aromatic heterocycles. The van der Waals surface area contributed by atoms with E-state index in [4.69, 9.17) is 4.74 Å². The highest BCUT2D eigenvalue weighted by molar-refractivity contribution is 9.12. The Kier molecular flexibility index (Phi) is 6.84. The highest BCUT2D eigenvalue weighted by Gasteiger charge is 2.36. The Bertz CT molecular complexity index is 962. The van der Waals surface area contributed by atoms with Gasteiger partial charge in [-0.3, -0.25) is 4.79 Å². The topological polar surface area (TPSA) is 29.5 Å². The van der Waals surface area contributed by atoms with E-state index in [-0.39, 0.29) is 5.91 Å². The zero-order valence-electron chi connectivity index (χ0n) is 15.8. The molecule has 0 bridgehead atoms. The zero-order valence-corrected chi connectivity index (χ0v) is 20.6.